The molecule has 3 heteroatoms. The number of halogens is 1. The van der Waals surface area contributed by atoms with E-state index in [2.05, 4.69) is 36.7 Å². The summed E-state index contributed by atoms with van der Waals surface area (Å²) in [5.41, 5.74) is 1.25. The summed E-state index contributed by atoms with van der Waals surface area (Å²) in [7, 11) is 0. The molecule has 0 amide bonds. The van der Waals surface area contributed by atoms with Gasteiger partial charge >= 0.3 is 0 Å². The van der Waals surface area contributed by atoms with E-state index in [9.17, 15) is 5.11 Å². The highest BCUT2D eigenvalue weighted by molar-refractivity contribution is 9.10. The molecule has 0 aromatic heterocycles. The standard InChI is InChI=1S/C15H21BrO2/c1-4-7-18-13-6-5-10(8-12(13)16)14(17)11-9-15(11,2)3/h5-6,8,11,14,17H,4,7,9H2,1-3H3. The van der Waals surface area contributed by atoms with E-state index in [-0.39, 0.29) is 11.5 Å². The minimum absolute atomic E-state index is 0.281. The lowest BCUT2D eigenvalue weighted by molar-refractivity contribution is 0.138. The van der Waals surface area contributed by atoms with E-state index in [1.54, 1.807) is 0 Å². The molecule has 0 saturated heterocycles. The van der Waals surface area contributed by atoms with Crippen LogP contribution in [-0.2, 0) is 0 Å². The molecule has 2 atom stereocenters. The van der Waals surface area contributed by atoms with Gasteiger partial charge in [0.2, 0.25) is 0 Å². The van der Waals surface area contributed by atoms with Gasteiger partial charge in [-0.25, -0.2) is 0 Å². The first-order chi connectivity index (χ1) is 8.45. The molecular formula is C15H21BrO2. The fourth-order valence-electron chi connectivity index (χ4n) is 2.31. The minimum Gasteiger partial charge on any atom is -0.492 e. The summed E-state index contributed by atoms with van der Waals surface area (Å²) in [6.45, 7) is 7.21. The first-order valence-corrected chi connectivity index (χ1v) is 7.35. The third kappa shape index (κ3) is 2.89. The molecule has 1 aromatic carbocycles. The molecule has 18 heavy (non-hydrogen) atoms. The van der Waals surface area contributed by atoms with Gasteiger partial charge in [-0.3, -0.25) is 0 Å². The van der Waals surface area contributed by atoms with Gasteiger partial charge < -0.3 is 9.84 Å². The molecule has 0 heterocycles. The molecule has 2 rings (SSSR count). The molecule has 0 radical (unpaired) electrons. The Labute approximate surface area is 117 Å². The Bertz CT molecular complexity index is 429. The lowest BCUT2D eigenvalue weighted by Crippen LogP contribution is -2.05. The third-order valence-electron chi connectivity index (χ3n) is 3.73. The molecule has 0 spiro atoms. The van der Waals surface area contributed by atoms with Crippen molar-refractivity contribution in [2.45, 2.75) is 39.7 Å². The summed E-state index contributed by atoms with van der Waals surface area (Å²) in [6, 6.07) is 5.88. The average Bonchev–Trinajstić information content (AvgIpc) is 2.96. The van der Waals surface area contributed by atoms with Crippen molar-refractivity contribution in [3.63, 3.8) is 0 Å². The van der Waals surface area contributed by atoms with Gasteiger partial charge in [-0.05, 0) is 57.8 Å². The zero-order valence-corrected chi connectivity index (χ0v) is 12.8. The van der Waals surface area contributed by atoms with Crippen LogP contribution in [0, 0.1) is 11.3 Å². The number of aliphatic hydroxyl groups excluding tert-OH is 1. The predicted molar refractivity (Wildman–Crippen MR) is 76.8 cm³/mol. The van der Waals surface area contributed by atoms with Crippen molar-refractivity contribution >= 4 is 15.9 Å². The summed E-state index contributed by atoms with van der Waals surface area (Å²) in [5.74, 6) is 1.23. The molecule has 1 aromatic rings. The van der Waals surface area contributed by atoms with Gasteiger partial charge in [0.15, 0.2) is 0 Å². The van der Waals surface area contributed by atoms with Crippen molar-refractivity contribution in [2.75, 3.05) is 6.61 Å². The Morgan fingerprint density at radius 3 is 2.67 bits per heavy atom. The van der Waals surface area contributed by atoms with E-state index in [4.69, 9.17) is 4.74 Å². The molecule has 2 nitrogen and oxygen atoms in total. The number of ether oxygens (including phenoxy) is 1. The minimum atomic E-state index is -0.364. The molecule has 1 fully saturated rings. The third-order valence-corrected chi connectivity index (χ3v) is 4.35. The first-order valence-electron chi connectivity index (χ1n) is 6.56. The zero-order chi connectivity index (χ0) is 13.3. The van der Waals surface area contributed by atoms with Crippen molar-refractivity contribution in [1.29, 1.82) is 0 Å². The summed E-state index contributed by atoms with van der Waals surface area (Å²) in [6.07, 6.45) is 1.73. The molecule has 100 valence electrons. The van der Waals surface area contributed by atoms with Gasteiger partial charge in [0, 0.05) is 0 Å². The number of rotatable bonds is 5. The quantitative estimate of drug-likeness (QED) is 0.877. The van der Waals surface area contributed by atoms with Crippen molar-refractivity contribution in [3.05, 3.63) is 28.2 Å². The van der Waals surface area contributed by atoms with Crippen molar-refractivity contribution in [1.82, 2.24) is 0 Å². The summed E-state index contributed by atoms with van der Waals surface area (Å²) in [5, 5.41) is 10.3. The monoisotopic (exact) mass is 312 g/mol. The zero-order valence-electron chi connectivity index (χ0n) is 11.2. The SMILES string of the molecule is CCCOc1ccc(C(O)C2CC2(C)C)cc1Br. The Morgan fingerprint density at radius 1 is 1.50 bits per heavy atom. The maximum atomic E-state index is 10.3. The van der Waals surface area contributed by atoms with Gasteiger partial charge in [0.25, 0.3) is 0 Å². The second-order valence-electron chi connectivity index (χ2n) is 5.78. The van der Waals surface area contributed by atoms with Gasteiger partial charge in [-0.2, -0.15) is 0 Å². The van der Waals surface area contributed by atoms with Gasteiger partial charge in [0.1, 0.15) is 5.75 Å². The summed E-state index contributed by atoms with van der Waals surface area (Å²) >= 11 is 3.51. The number of hydrogen-bond acceptors (Lipinski definition) is 2. The smallest absolute Gasteiger partial charge is 0.133 e. The van der Waals surface area contributed by atoms with Gasteiger partial charge in [0.05, 0.1) is 17.2 Å². The van der Waals surface area contributed by atoms with E-state index in [1.165, 1.54) is 0 Å². The number of aliphatic hydroxyl groups is 1. The Kier molecular flexibility index (Phi) is 4.02. The predicted octanol–water partition coefficient (Wildman–Crippen LogP) is 4.32. The normalized spacial score (nSPS) is 22.6. The van der Waals surface area contributed by atoms with Crippen LogP contribution in [-0.4, -0.2) is 11.7 Å². The van der Waals surface area contributed by atoms with Crippen LogP contribution in [0.1, 0.15) is 45.3 Å². The molecule has 1 aliphatic rings. The Hall–Kier alpha value is -0.540. The van der Waals surface area contributed by atoms with E-state index in [1.807, 2.05) is 18.2 Å². The largest absolute Gasteiger partial charge is 0.492 e. The second-order valence-corrected chi connectivity index (χ2v) is 6.64. The second kappa shape index (κ2) is 5.22. The molecule has 0 bridgehead atoms. The Morgan fingerprint density at radius 2 is 2.17 bits per heavy atom. The number of benzene rings is 1. The van der Waals surface area contributed by atoms with Gasteiger partial charge in [-0.15, -0.1) is 0 Å². The van der Waals surface area contributed by atoms with Crippen LogP contribution in [0.4, 0.5) is 0 Å². The summed E-state index contributed by atoms with van der Waals surface area (Å²) in [4.78, 5) is 0. The maximum Gasteiger partial charge on any atom is 0.133 e. The molecule has 0 aliphatic heterocycles. The molecule has 1 saturated carbocycles. The summed E-state index contributed by atoms with van der Waals surface area (Å²) < 4.78 is 6.53. The molecule has 1 aliphatic carbocycles. The van der Waals surface area contributed by atoms with E-state index in [0.29, 0.717) is 5.92 Å². The highest BCUT2D eigenvalue weighted by Gasteiger charge is 2.50. The average molecular weight is 313 g/mol. The van der Waals surface area contributed by atoms with E-state index >= 15 is 0 Å². The lowest BCUT2D eigenvalue weighted by atomic mass is 10.00. The van der Waals surface area contributed by atoms with Crippen LogP contribution in [0.5, 0.6) is 5.75 Å². The fourth-order valence-corrected chi connectivity index (χ4v) is 2.82. The first kappa shape index (κ1) is 13.9. The maximum absolute atomic E-state index is 10.3. The van der Waals surface area contributed by atoms with Crippen LogP contribution in [0.2, 0.25) is 0 Å². The van der Waals surface area contributed by atoms with Crippen LogP contribution in [0.25, 0.3) is 0 Å². The van der Waals surface area contributed by atoms with Crippen molar-refractivity contribution in [3.8, 4) is 5.75 Å². The fraction of sp³-hybridized carbons (Fsp3) is 0.600. The number of hydrogen-bond donors (Lipinski definition) is 1. The highest BCUT2D eigenvalue weighted by Crippen LogP contribution is 2.57. The van der Waals surface area contributed by atoms with Crippen molar-refractivity contribution in [2.24, 2.45) is 11.3 Å². The van der Waals surface area contributed by atoms with Crippen LogP contribution < -0.4 is 4.74 Å². The van der Waals surface area contributed by atoms with Gasteiger partial charge in [-0.1, -0.05) is 26.8 Å². The van der Waals surface area contributed by atoms with E-state index < -0.39 is 0 Å². The van der Waals surface area contributed by atoms with Crippen LogP contribution >= 0.6 is 15.9 Å². The van der Waals surface area contributed by atoms with Crippen LogP contribution in [0.15, 0.2) is 22.7 Å². The molecule has 2 unspecified atom stereocenters. The molecular weight excluding hydrogens is 292 g/mol. The highest BCUT2D eigenvalue weighted by atomic mass is 79.9. The lowest BCUT2D eigenvalue weighted by Gasteiger charge is -2.15. The topological polar surface area (TPSA) is 29.5 Å². The Balaban J connectivity index is 2.09. The molecule has 1 N–H and O–H groups in total. The van der Waals surface area contributed by atoms with E-state index in [0.717, 1.165) is 35.2 Å². The van der Waals surface area contributed by atoms with Crippen molar-refractivity contribution < 1.29 is 9.84 Å². The van der Waals surface area contributed by atoms with Crippen LogP contribution in [0.3, 0.4) is 0 Å².